The second-order valence-electron chi connectivity index (χ2n) is 4.87. The molecule has 1 N–H and O–H groups in total. The molecule has 1 fully saturated rings. The fraction of sp³-hybridized carbons (Fsp3) is 0.929. The summed E-state index contributed by atoms with van der Waals surface area (Å²) in [4.78, 5) is 0. The van der Waals surface area contributed by atoms with E-state index < -0.39 is 0 Å². The van der Waals surface area contributed by atoms with Crippen molar-refractivity contribution in [2.24, 2.45) is 5.16 Å². The second-order valence-corrected chi connectivity index (χ2v) is 7.40. The maximum absolute atomic E-state index is 9.12. The lowest BCUT2D eigenvalue weighted by Crippen LogP contribution is -2.20. The molecule has 0 unspecified atom stereocenters. The molecule has 106 valence electrons. The van der Waals surface area contributed by atoms with Gasteiger partial charge in [0.25, 0.3) is 0 Å². The van der Waals surface area contributed by atoms with Crippen molar-refractivity contribution in [3.05, 3.63) is 0 Å². The van der Waals surface area contributed by atoms with E-state index in [-0.39, 0.29) is 0 Å². The van der Waals surface area contributed by atoms with Crippen molar-refractivity contribution in [3.8, 4) is 0 Å². The topological polar surface area (TPSA) is 32.6 Å². The SMILES string of the molecule is CCCCSCCS[C@@H]1CCCCCC/C1=N/O. The highest BCUT2D eigenvalue weighted by Gasteiger charge is 2.18. The van der Waals surface area contributed by atoms with Crippen molar-refractivity contribution in [1.82, 2.24) is 0 Å². The summed E-state index contributed by atoms with van der Waals surface area (Å²) in [6.45, 7) is 2.24. The van der Waals surface area contributed by atoms with Gasteiger partial charge in [-0.25, -0.2) is 0 Å². The lowest BCUT2D eigenvalue weighted by Gasteiger charge is -2.20. The first kappa shape index (κ1) is 16.2. The molecule has 1 atom stereocenters. The second kappa shape index (κ2) is 11.0. The minimum Gasteiger partial charge on any atom is -0.411 e. The number of oxime groups is 1. The third kappa shape index (κ3) is 6.93. The van der Waals surface area contributed by atoms with Gasteiger partial charge in [0.1, 0.15) is 0 Å². The molecule has 1 aliphatic rings. The van der Waals surface area contributed by atoms with Crippen LogP contribution in [0.5, 0.6) is 0 Å². The Morgan fingerprint density at radius 2 is 2.00 bits per heavy atom. The van der Waals surface area contributed by atoms with Crippen LogP contribution in [0.2, 0.25) is 0 Å². The third-order valence-corrected chi connectivity index (χ3v) is 6.02. The Hall–Kier alpha value is 0.170. The highest BCUT2D eigenvalue weighted by molar-refractivity contribution is 8.03. The summed E-state index contributed by atoms with van der Waals surface area (Å²) in [5.41, 5.74) is 1.04. The average molecular weight is 290 g/mol. The van der Waals surface area contributed by atoms with Crippen LogP contribution in [0.15, 0.2) is 5.16 Å². The third-order valence-electron chi connectivity index (χ3n) is 3.34. The first-order valence-electron chi connectivity index (χ1n) is 7.28. The number of rotatable bonds is 7. The maximum atomic E-state index is 9.12. The normalized spacial score (nSPS) is 23.8. The predicted octanol–water partition coefficient (Wildman–Crippen LogP) is 4.81. The van der Waals surface area contributed by atoms with E-state index in [1.807, 2.05) is 11.8 Å². The smallest absolute Gasteiger partial charge is 0.0700 e. The zero-order valence-electron chi connectivity index (χ0n) is 11.6. The van der Waals surface area contributed by atoms with Gasteiger partial charge in [-0.15, -0.1) is 0 Å². The quantitative estimate of drug-likeness (QED) is 0.415. The minimum atomic E-state index is 0.474. The monoisotopic (exact) mass is 289 g/mol. The number of unbranched alkanes of at least 4 members (excludes halogenated alkanes) is 1. The highest BCUT2D eigenvalue weighted by atomic mass is 32.2. The first-order valence-corrected chi connectivity index (χ1v) is 9.49. The molecule has 0 aromatic carbocycles. The van der Waals surface area contributed by atoms with E-state index in [0.29, 0.717) is 5.25 Å². The van der Waals surface area contributed by atoms with Gasteiger partial charge in [0.2, 0.25) is 0 Å². The van der Waals surface area contributed by atoms with E-state index in [1.54, 1.807) is 0 Å². The summed E-state index contributed by atoms with van der Waals surface area (Å²) in [7, 11) is 0. The molecule has 1 aliphatic carbocycles. The summed E-state index contributed by atoms with van der Waals surface area (Å²) in [6.07, 6.45) is 9.96. The van der Waals surface area contributed by atoms with Gasteiger partial charge < -0.3 is 5.21 Å². The molecule has 0 heterocycles. The lowest BCUT2D eigenvalue weighted by atomic mass is 9.99. The molecule has 0 aromatic heterocycles. The first-order chi connectivity index (χ1) is 8.88. The summed E-state index contributed by atoms with van der Waals surface area (Å²) >= 11 is 4.06. The van der Waals surface area contributed by atoms with E-state index in [0.717, 1.165) is 12.1 Å². The molecule has 0 amide bonds. The summed E-state index contributed by atoms with van der Waals surface area (Å²) in [5, 5.41) is 13.1. The van der Waals surface area contributed by atoms with Crippen molar-refractivity contribution in [1.29, 1.82) is 0 Å². The van der Waals surface area contributed by atoms with Crippen LogP contribution in [0, 0.1) is 0 Å². The molecule has 18 heavy (non-hydrogen) atoms. The van der Waals surface area contributed by atoms with Gasteiger partial charge in [-0.05, 0) is 31.4 Å². The summed E-state index contributed by atoms with van der Waals surface area (Å²) in [5.74, 6) is 3.72. The molecule has 0 aromatic rings. The molecule has 0 radical (unpaired) electrons. The van der Waals surface area contributed by atoms with Crippen LogP contribution in [0.25, 0.3) is 0 Å². The molecule has 0 saturated heterocycles. The van der Waals surface area contributed by atoms with E-state index in [9.17, 15) is 0 Å². The van der Waals surface area contributed by atoms with E-state index in [4.69, 9.17) is 5.21 Å². The lowest BCUT2D eigenvalue weighted by molar-refractivity contribution is 0.315. The molecular formula is C14H27NOS2. The minimum absolute atomic E-state index is 0.474. The fourth-order valence-corrected chi connectivity index (χ4v) is 4.74. The summed E-state index contributed by atoms with van der Waals surface area (Å²) < 4.78 is 0. The van der Waals surface area contributed by atoms with Crippen molar-refractivity contribution in [2.75, 3.05) is 17.3 Å². The van der Waals surface area contributed by atoms with Crippen LogP contribution in [-0.2, 0) is 0 Å². The van der Waals surface area contributed by atoms with E-state index >= 15 is 0 Å². The van der Waals surface area contributed by atoms with Crippen molar-refractivity contribution in [2.45, 2.75) is 63.5 Å². The van der Waals surface area contributed by atoms with Gasteiger partial charge in [0.05, 0.1) is 5.71 Å². The Balaban J connectivity index is 2.19. The number of hydrogen-bond acceptors (Lipinski definition) is 4. The highest BCUT2D eigenvalue weighted by Crippen LogP contribution is 2.26. The molecule has 1 saturated carbocycles. The Labute approximate surface area is 120 Å². The predicted molar refractivity (Wildman–Crippen MR) is 85.4 cm³/mol. The molecule has 0 bridgehead atoms. The van der Waals surface area contributed by atoms with Crippen molar-refractivity contribution >= 4 is 29.2 Å². The van der Waals surface area contributed by atoms with Crippen LogP contribution in [-0.4, -0.2) is 33.4 Å². The van der Waals surface area contributed by atoms with E-state index in [1.165, 1.54) is 62.2 Å². The summed E-state index contributed by atoms with van der Waals surface area (Å²) in [6, 6.07) is 0. The van der Waals surface area contributed by atoms with Crippen LogP contribution in [0.3, 0.4) is 0 Å². The van der Waals surface area contributed by atoms with Crippen LogP contribution >= 0.6 is 23.5 Å². The van der Waals surface area contributed by atoms with Gasteiger partial charge >= 0.3 is 0 Å². The maximum Gasteiger partial charge on any atom is 0.0700 e. The van der Waals surface area contributed by atoms with Crippen LogP contribution < -0.4 is 0 Å². The van der Waals surface area contributed by atoms with Gasteiger partial charge in [-0.2, -0.15) is 23.5 Å². The van der Waals surface area contributed by atoms with Gasteiger partial charge in [-0.1, -0.05) is 37.8 Å². The Morgan fingerprint density at radius 3 is 2.78 bits per heavy atom. The number of thioether (sulfide) groups is 2. The molecular weight excluding hydrogens is 262 g/mol. The standard InChI is InChI=1S/C14H27NOS2/c1-2-3-10-17-11-12-18-14-9-7-5-4-6-8-13(14)15-16/h14,16H,2-12H2,1H3/b15-13-/t14-/m1/s1. The van der Waals surface area contributed by atoms with Crippen molar-refractivity contribution < 1.29 is 5.21 Å². The molecule has 4 heteroatoms. The van der Waals surface area contributed by atoms with Gasteiger partial charge in [0.15, 0.2) is 0 Å². The Kier molecular flexibility index (Phi) is 9.95. The largest absolute Gasteiger partial charge is 0.411 e. The fourth-order valence-electron chi connectivity index (χ4n) is 2.21. The van der Waals surface area contributed by atoms with Crippen molar-refractivity contribution in [3.63, 3.8) is 0 Å². The molecule has 2 nitrogen and oxygen atoms in total. The van der Waals surface area contributed by atoms with Gasteiger partial charge in [0, 0.05) is 16.8 Å². The number of hydrogen-bond donors (Lipinski definition) is 1. The van der Waals surface area contributed by atoms with Crippen LogP contribution in [0.4, 0.5) is 0 Å². The van der Waals surface area contributed by atoms with E-state index in [2.05, 4.69) is 23.8 Å². The molecule has 0 aliphatic heterocycles. The van der Waals surface area contributed by atoms with Gasteiger partial charge in [-0.3, -0.25) is 0 Å². The molecule has 0 spiro atoms. The zero-order chi connectivity index (χ0) is 13.1. The average Bonchev–Trinajstić information content (AvgIpc) is 2.36. The number of nitrogens with zero attached hydrogens (tertiary/aromatic N) is 1. The Morgan fingerprint density at radius 1 is 1.17 bits per heavy atom. The Bertz CT molecular complexity index is 234. The van der Waals surface area contributed by atoms with Crippen LogP contribution in [0.1, 0.15) is 58.3 Å². The zero-order valence-corrected chi connectivity index (χ0v) is 13.2. The molecule has 1 rings (SSSR count).